The molecule has 3 heteroatoms. The first kappa shape index (κ1) is 14.4. The molecule has 1 unspecified atom stereocenters. The highest BCUT2D eigenvalue weighted by Gasteiger charge is 2.13. The van der Waals surface area contributed by atoms with E-state index in [0.29, 0.717) is 5.92 Å². The predicted molar refractivity (Wildman–Crippen MR) is 79.0 cm³/mol. The molecule has 0 saturated carbocycles. The second kappa shape index (κ2) is 6.29. The molecule has 1 aromatic rings. The largest absolute Gasteiger partial charge is 0.370 e. The molecule has 0 aromatic carbocycles. The van der Waals surface area contributed by atoms with Gasteiger partial charge in [0.1, 0.15) is 5.82 Å². The third-order valence-electron chi connectivity index (χ3n) is 2.71. The number of anilines is 1. The molecule has 0 aliphatic heterocycles. The highest BCUT2D eigenvalue weighted by Crippen LogP contribution is 2.21. The molecule has 1 aromatic heterocycles. The van der Waals surface area contributed by atoms with Crippen LogP contribution in [0.15, 0.2) is 18.3 Å². The number of pyridine rings is 1. The first-order valence-electron chi connectivity index (χ1n) is 6.13. The van der Waals surface area contributed by atoms with Crippen molar-refractivity contribution in [2.45, 2.75) is 33.1 Å². The van der Waals surface area contributed by atoms with Crippen LogP contribution in [0.1, 0.15) is 33.3 Å². The van der Waals surface area contributed by atoms with Crippen molar-refractivity contribution in [2.24, 2.45) is 5.92 Å². The van der Waals surface area contributed by atoms with E-state index >= 15 is 0 Å². The Hall–Kier alpha value is -0.700. The van der Waals surface area contributed by atoms with Crippen molar-refractivity contribution < 1.29 is 0 Å². The van der Waals surface area contributed by atoms with Crippen molar-refractivity contribution in [3.8, 4) is 0 Å². The van der Waals surface area contributed by atoms with Gasteiger partial charge in [0.25, 0.3) is 0 Å². The minimum atomic E-state index is 0.178. The predicted octanol–water partition coefficient (Wildman–Crippen LogP) is 3.79. The SMILES string of the molecule is CSCC(C)CNc1ccc(C(C)(C)C)cn1. The van der Waals surface area contributed by atoms with Crippen molar-refractivity contribution in [1.82, 2.24) is 4.98 Å². The van der Waals surface area contributed by atoms with Gasteiger partial charge in [-0.3, -0.25) is 0 Å². The lowest BCUT2D eigenvalue weighted by Gasteiger charge is -2.19. The van der Waals surface area contributed by atoms with Crippen LogP contribution in [0.25, 0.3) is 0 Å². The van der Waals surface area contributed by atoms with E-state index in [2.05, 4.69) is 56.4 Å². The van der Waals surface area contributed by atoms with Gasteiger partial charge >= 0.3 is 0 Å². The smallest absolute Gasteiger partial charge is 0.125 e. The summed E-state index contributed by atoms with van der Waals surface area (Å²) < 4.78 is 0. The third kappa shape index (κ3) is 4.99. The molecule has 0 bridgehead atoms. The Morgan fingerprint density at radius 2 is 2.06 bits per heavy atom. The van der Waals surface area contributed by atoms with Crippen LogP contribution in [-0.2, 0) is 5.41 Å². The fraction of sp³-hybridized carbons (Fsp3) is 0.643. The summed E-state index contributed by atoms with van der Waals surface area (Å²) in [6.07, 6.45) is 4.12. The van der Waals surface area contributed by atoms with Crippen molar-refractivity contribution in [3.05, 3.63) is 23.9 Å². The van der Waals surface area contributed by atoms with E-state index in [1.165, 1.54) is 11.3 Å². The molecule has 0 radical (unpaired) electrons. The number of nitrogens with zero attached hydrogens (tertiary/aromatic N) is 1. The van der Waals surface area contributed by atoms with Gasteiger partial charge in [-0.2, -0.15) is 11.8 Å². The van der Waals surface area contributed by atoms with Gasteiger partial charge in [0.2, 0.25) is 0 Å². The molecule has 1 atom stereocenters. The van der Waals surface area contributed by atoms with Crippen LogP contribution in [0.4, 0.5) is 5.82 Å². The Kier molecular flexibility index (Phi) is 5.31. The standard InChI is InChI=1S/C14H24N2S/c1-11(10-17-5)8-15-13-7-6-12(9-16-13)14(2,3)4/h6-7,9,11H,8,10H2,1-5H3,(H,15,16). The molecular weight excluding hydrogens is 228 g/mol. The summed E-state index contributed by atoms with van der Waals surface area (Å²) in [6.45, 7) is 9.86. The van der Waals surface area contributed by atoms with E-state index in [1.807, 2.05) is 18.0 Å². The Morgan fingerprint density at radius 1 is 1.35 bits per heavy atom. The minimum Gasteiger partial charge on any atom is -0.370 e. The molecule has 1 N–H and O–H groups in total. The van der Waals surface area contributed by atoms with Gasteiger partial charge in [-0.1, -0.05) is 33.8 Å². The van der Waals surface area contributed by atoms with Gasteiger partial charge in [0, 0.05) is 12.7 Å². The molecule has 17 heavy (non-hydrogen) atoms. The summed E-state index contributed by atoms with van der Waals surface area (Å²) in [5.74, 6) is 2.84. The first-order valence-corrected chi connectivity index (χ1v) is 7.52. The molecule has 0 aliphatic carbocycles. The highest BCUT2D eigenvalue weighted by molar-refractivity contribution is 7.98. The van der Waals surface area contributed by atoms with Crippen LogP contribution in [0.2, 0.25) is 0 Å². The summed E-state index contributed by atoms with van der Waals surface area (Å²) in [5, 5.41) is 3.38. The van der Waals surface area contributed by atoms with E-state index in [4.69, 9.17) is 0 Å². The van der Waals surface area contributed by atoms with Gasteiger partial charge in [0.05, 0.1) is 0 Å². The summed E-state index contributed by atoms with van der Waals surface area (Å²) in [7, 11) is 0. The van der Waals surface area contributed by atoms with Crippen LogP contribution in [0, 0.1) is 5.92 Å². The fourth-order valence-corrected chi connectivity index (χ4v) is 2.25. The lowest BCUT2D eigenvalue weighted by molar-refractivity contribution is 0.587. The number of aromatic nitrogens is 1. The van der Waals surface area contributed by atoms with Crippen molar-refractivity contribution in [2.75, 3.05) is 23.9 Å². The highest BCUT2D eigenvalue weighted by atomic mass is 32.2. The van der Waals surface area contributed by atoms with Crippen molar-refractivity contribution in [3.63, 3.8) is 0 Å². The maximum atomic E-state index is 4.46. The molecule has 1 heterocycles. The lowest BCUT2D eigenvalue weighted by Crippen LogP contribution is -2.15. The van der Waals surface area contributed by atoms with E-state index < -0.39 is 0 Å². The summed E-state index contributed by atoms with van der Waals surface area (Å²) >= 11 is 1.89. The monoisotopic (exact) mass is 252 g/mol. The molecule has 0 saturated heterocycles. The number of thioether (sulfide) groups is 1. The molecule has 0 amide bonds. The van der Waals surface area contributed by atoms with Gasteiger partial charge in [-0.15, -0.1) is 0 Å². The van der Waals surface area contributed by atoms with Gasteiger partial charge < -0.3 is 5.32 Å². The van der Waals surface area contributed by atoms with Crippen LogP contribution in [-0.4, -0.2) is 23.5 Å². The second-order valence-corrected chi connectivity index (χ2v) is 6.53. The number of rotatable bonds is 5. The lowest BCUT2D eigenvalue weighted by atomic mass is 9.88. The zero-order valence-electron chi connectivity index (χ0n) is 11.6. The molecule has 1 rings (SSSR count). The zero-order valence-corrected chi connectivity index (χ0v) is 12.4. The van der Waals surface area contributed by atoms with E-state index in [0.717, 1.165) is 12.4 Å². The van der Waals surface area contributed by atoms with E-state index in [9.17, 15) is 0 Å². The topological polar surface area (TPSA) is 24.9 Å². The van der Waals surface area contributed by atoms with Gasteiger partial charge in [-0.25, -0.2) is 4.98 Å². The van der Waals surface area contributed by atoms with Crippen LogP contribution in [0.3, 0.4) is 0 Å². The third-order valence-corrected chi connectivity index (χ3v) is 3.61. The van der Waals surface area contributed by atoms with Gasteiger partial charge in [0.15, 0.2) is 0 Å². The zero-order chi connectivity index (χ0) is 12.9. The second-order valence-electron chi connectivity index (χ2n) is 5.62. The molecule has 96 valence electrons. The Morgan fingerprint density at radius 3 is 2.53 bits per heavy atom. The van der Waals surface area contributed by atoms with Crippen LogP contribution in [0.5, 0.6) is 0 Å². The van der Waals surface area contributed by atoms with E-state index in [1.54, 1.807) is 0 Å². The molecular formula is C14H24N2S. The first-order chi connectivity index (χ1) is 7.93. The quantitative estimate of drug-likeness (QED) is 0.863. The molecule has 0 fully saturated rings. The van der Waals surface area contributed by atoms with Gasteiger partial charge in [-0.05, 0) is 35.0 Å². The van der Waals surface area contributed by atoms with Crippen molar-refractivity contribution in [1.29, 1.82) is 0 Å². The molecule has 0 spiro atoms. The summed E-state index contributed by atoms with van der Waals surface area (Å²) in [5.41, 5.74) is 1.46. The minimum absolute atomic E-state index is 0.178. The average molecular weight is 252 g/mol. The Labute approximate surface area is 110 Å². The molecule has 2 nitrogen and oxygen atoms in total. The Bertz CT molecular complexity index is 327. The number of nitrogens with one attached hydrogen (secondary N) is 1. The average Bonchev–Trinajstić information content (AvgIpc) is 2.26. The van der Waals surface area contributed by atoms with Crippen LogP contribution >= 0.6 is 11.8 Å². The Balaban J connectivity index is 2.51. The van der Waals surface area contributed by atoms with E-state index in [-0.39, 0.29) is 5.41 Å². The summed E-state index contributed by atoms with van der Waals surface area (Å²) in [4.78, 5) is 4.46. The fourth-order valence-electron chi connectivity index (χ4n) is 1.56. The van der Waals surface area contributed by atoms with Crippen molar-refractivity contribution >= 4 is 17.6 Å². The maximum absolute atomic E-state index is 4.46. The molecule has 0 aliphatic rings. The normalized spacial score (nSPS) is 13.5. The number of hydrogen-bond acceptors (Lipinski definition) is 3. The summed E-state index contributed by atoms with van der Waals surface area (Å²) in [6, 6.07) is 4.24. The van der Waals surface area contributed by atoms with Crippen LogP contribution < -0.4 is 5.32 Å². The number of hydrogen-bond donors (Lipinski definition) is 1. The maximum Gasteiger partial charge on any atom is 0.125 e.